The fraction of sp³-hybridized carbons (Fsp3) is 0.500. The van der Waals surface area contributed by atoms with Crippen LogP contribution in [-0.2, 0) is 21.4 Å². The van der Waals surface area contributed by atoms with Crippen molar-refractivity contribution in [1.29, 1.82) is 0 Å². The Kier molecular flexibility index (Phi) is 6.28. The molecule has 1 saturated heterocycles. The van der Waals surface area contributed by atoms with E-state index >= 15 is 0 Å². The summed E-state index contributed by atoms with van der Waals surface area (Å²) in [7, 11) is 0.215. The van der Waals surface area contributed by atoms with E-state index in [1.54, 1.807) is 13.8 Å². The molecule has 0 radical (unpaired) electrons. The van der Waals surface area contributed by atoms with E-state index < -0.39 is 10.0 Å². The largest absolute Gasteiger partial charge is 0.378 e. The van der Waals surface area contributed by atoms with Crippen molar-refractivity contribution in [2.45, 2.75) is 38.1 Å². The number of carbonyl (C=O) groups is 1. The van der Waals surface area contributed by atoms with E-state index in [1.807, 2.05) is 43.3 Å². The first kappa shape index (κ1) is 21.3. The normalized spacial score (nSPS) is 17.9. The molecule has 1 atom stereocenters. The fourth-order valence-corrected chi connectivity index (χ4v) is 5.41. The standard InChI is InChI=1S/C20H28N4O4S/c1-14-19(15(2)28-22-14)29(26,27)24-11-5-6-17(13-24)20(25)21-12-16-7-9-18(10-8-16)23(3)4/h7-10,17H,5-6,11-13H2,1-4H3,(H,21,25). The molecule has 0 bridgehead atoms. The molecule has 0 spiro atoms. The first-order valence-electron chi connectivity index (χ1n) is 9.67. The Labute approximate surface area is 171 Å². The van der Waals surface area contributed by atoms with E-state index in [-0.39, 0.29) is 29.0 Å². The van der Waals surface area contributed by atoms with Gasteiger partial charge >= 0.3 is 0 Å². The van der Waals surface area contributed by atoms with E-state index in [2.05, 4.69) is 10.5 Å². The molecule has 2 heterocycles. The van der Waals surface area contributed by atoms with Crippen LogP contribution >= 0.6 is 0 Å². The number of hydrogen-bond acceptors (Lipinski definition) is 6. The number of hydrogen-bond donors (Lipinski definition) is 1. The van der Waals surface area contributed by atoms with Gasteiger partial charge in [0.15, 0.2) is 5.76 Å². The summed E-state index contributed by atoms with van der Waals surface area (Å²) in [5.41, 5.74) is 2.43. The molecule has 1 aromatic heterocycles. The number of carbonyl (C=O) groups excluding carboxylic acids is 1. The summed E-state index contributed by atoms with van der Waals surface area (Å²) in [6.45, 7) is 4.17. The summed E-state index contributed by atoms with van der Waals surface area (Å²) in [4.78, 5) is 14.8. The average Bonchev–Trinajstić information content (AvgIpc) is 3.05. The highest BCUT2D eigenvalue weighted by molar-refractivity contribution is 7.89. The number of benzene rings is 1. The van der Waals surface area contributed by atoms with Crippen LogP contribution in [0.1, 0.15) is 29.9 Å². The average molecular weight is 421 g/mol. The molecule has 1 N–H and O–H groups in total. The summed E-state index contributed by atoms with van der Waals surface area (Å²) in [6.07, 6.45) is 1.30. The Hall–Kier alpha value is -2.39. The Bertz CT molecular complexity index is 947. The van der Waals surface area contributed by atoms with Gasteiger partial charge in [-0.05, 0) is 44.4 Å². The lowest BCUT2D eigenvalue weighted by Gasteiger charge is -2.31. The van der Waals surface area contributed by atoms with E-state index in [1.165, 1.54) is 4.31 Å². The summed E-state index contributed by atoms with van der Waals surface area (Å²) in [5, 5.41) is 6.69. The topological polar surface area (TPSA) is 95.8 Å². The van der Waals surface area contributed by atoms with Gasteiger partial charge in [0, 0.05) is 39.4 Å². The van der Waals surface area contributed by atoms with Gasteiger partial charge in [0.25, 0.3) is 0 Å². The van der Waals surface area contributed by atoms with Gasteiger partial charge in [0.2, 0.25) is 15.9 Å². The number of sulfonamides is 1. The number of aryl methyl sites for hydroxylation is 2. The lowest BCUT2D eigenvalue weighted by molar-refractivity contribution is -0.126. The maximum absolute atomic E-state index is 13.0. The Morgan fingerprint density at radius 3 is 2.55 bits per heavy atom. The minimum atomic E-state index is -3.73. The van der Waals surface area contributed by atoms with Crippen LogP contribution in [0.4, 0.5) is 5.69 Å². The molecule has 9 heteroatoms. The molecule has 1 aromatic carbocycles. The monoisotopic (exact) mass is 420 g/mol. The second kappa shape index (κ2) is 8.54. The maximum Gasteiger partial charge on any atom is 0.248 e. The molecule has 0 saturated carbocycles. The zero-order chi connectivity index (χ0) is 21.2. The van der Waals surface area contributed by atoms with E-state index in [9.17, 15) is 13.2 Å². The fourth-order valence-electron chi connectivity index (χ4n) is 3.59. The molecule has 8 nitrogen and oxygen atoms in total. The second-order valence-electron chi connectivity index (χ2n) is 7.63. The van der Waals surface area contributed by atoms with Gasteiger partial charge < -0.3 is 14.7 Å². The molecule has 2 aromatic rings. The minimum Gasteiger partial charge on any atom is -0.378 e. The summed E-state index contributed by atoms with van der Waals surface area (Å²) < 4.78 is 32.4. The minimum absolute atomic E-state index is 0.111. The number of piperidine rings is 1. The van der Waals surface area contributed by atoms with Gasteiger partial charge in [0.1, 0.15) is 10.6 Å². The molecule has 1 unspecified atom stereocenters. The number of nitrogens with zero attached hydrogens (tertiary/aromatic N) is 3. The van der Waals surface area contributed by atoms with Crippen LogP contribution in [0.3, 0.4) is 0 Å². The van der Waals surface area contributed by atoms with Gasteiger partial charge in [-0.25, -0.2) is 8.42 Å². The van der Waals surface area contributed by atoms with Crippen LogP contribution in [0.5, 0.6) is 0 Å². The third-order valence-electron chi connectivity index (χ3n) is 5.24. The highest BCUT2D eigenvalue weighted by Gasteiger charge is 2.36. The van der Waals surface area contributed by atoms with Gasteiger partial charge in [-0.2, -0.15) is 4.31 Å². The van der Waals surface area contributed by atoms with Gasteiger partial charge in [-0.3, -0.25) is 4.79 Å². The number of anilines is 1. The predicted octanol–water partition coefficient (Wildman–Crippen LogP) is 2.07. The molecule has 3 rings (SSSR count). The number of amides is 1. The summed E-state index contributed by atoms with van der Waals surface area (Å²) in [6, 6.07) is 7.95. The highest BCUT2D eigenvalue weighted by Crippen LogP contribution is 2.27. The van der Waals surface area contributed by atoms with Crippen molar-refractivity contribution in [3.05, 3.63) is 41.3 Å². The van der Waals surface area contributed by atoms with Crippen molar-refractivity contribution in [3.8, 4) is 0 Å². The summed E-state index contributed by atoms with van der Waals surface area (Å²) >= 11 is 0. The van der Waals surface area contributed by atoms with Gasteiger partial charge in [-0.15, -0.1) is 0 Å². The van der Waals surface area contributed by atoms with Crippen molar-refractivity contribution in [2.24, 2.45) is 5.92 Å². The molecule has 1 amide bonds. The van der Waals surface area contributed by atoms with Crippen molar-refractivity contribution >= 4 is 21.6 Å². The maximum atomic E-state index is 13.0. The summed E-state index contributed by atoms with van der Waals surface area (Å²) in [5.74, 6) is -0.226. The Morgan fingerprint density at radius 1 is 1.28 bits per heavy atom. The number of aromatic nitrogens is 1. The van der Waals surface area contributed by atoms with Crippen molar-refractivity contribution < 1.29 is 17.7 Å². The Morgan fingerprint density at radius 2 is 1.97 bits per heavy atom. The smallest absolute Gasteiger partial charge is 0.248 e. The van der Waals surface area contributed by atoms with E-state index in [0.29, 0.717) is 31.6 Å². The van der Waals surface area contributed by atoms with Crippen LogP contribution < -0.4 is 10.2 Å². The van der Waals surface area contributed by atoms with Crippen LogP contribution in [0.25, 0.3) is 0 Å². The van der Waals surface area contributed by atoms with Crippen LogP contribution in [0.15, 0.2) is 33.7 Å². The Balaban J connectivity index is 1.63. The van der Waals surface area contributed by atoms with Crippen LogP contribution in [-0.4, -0.2) is 51.0 Å². The predicted molar refractivity (Wildman–Crippen MR) is 110 cm³/mol. The second-order valence-corrected chi connectivity index (χ2v) is 9.51. The third-order valence-corrected chi connectivity index (χ3v) is 7.35. The van der Waals surface area contributed by atoms with Gasteiger partial charge in [-0.1, -0.05) is 17.3 Å². The van der Waals surface area contributed by atoms with E-state index in [0.717, 1.165) is 11.3 Å². The quantitative estimate of drug-likeness (QED) is 0.769. The highest BCUT2D eigenvalue weighted by atomic mass is 32.2. The first-order chi connectivity index (χ1) is 13.7. The molecule has 1 aliphatic rings. The molecule has 29 heavy (non-hydrogen) atoms. The van der Waals surface area contributed by atoms with E-state index in [4.69, 9.17) is 4.52 Å². The lowest BCUT2D eigenvalue weighted by atomic mass is 9.99. The van der Waals surface area contributed by atoms with Crippen LogP contribution in [0.2, 0.25) is 0 Å². The molecular weight excluding hydrogens is 392 g/mol. The molecular formula is C20H28N4O4S. The zero-order valence-corrected chi connectivity index (χ0v) is 18.1. The van der Waals surface area contributed by atoms with Crippen molar-refractivity contribution in [3.63, 3.8) is 0 Å². The third kappa shape index (κ3) is 4.62. The van der Waals surface area contributed by atoms with Gasteiger partial charge in [0.05, 0.1) is 5.92 Å². The lowest BCUT2D eigenvalue weighted by Crippen LogP contribution is -2.45. The molecule has 0 aliphatic carbocycles. The molecule has 1 fully saturated rings. The van der Waals surface area contributed by atoms with Crippen molar-refractivity contribution in [2.75, 3.05) is 32.1 Å². The molecule has 158 valence electrons. The first-order valence-corrected chi connectivity index (χ1v) is 11.1. The number of rotatable bonds is 6. The number of nitrogens with one attached hydrogen (secondary N) is 1. The SMILES string of the molecule is Cc1noc(C)c1S(=O)(=O)N1CCCC(C(=O)NCc2ccc(N(C)C)cc2)C1. The van der Waals surface area contributed by atoms with Crippen LogP contribution in [0, 0.1) is 19.8 Å². The van der Waals surface area contributed by atoms with Crippen molar-refractivity contribution in [1.82, 2.24) is 14.8 Å². The zero-order valence-electron chi connectivity index (χ0n) is 17.3. The molecule has 1 aliphatic heterocycles.